The van der Waals surface area contributed by atoms with Gasteiger partial charge in [-0.25, -0.2) is 0 Å². The molecule has 0 saturated heterocycles. The Bertz CT molecular complexity index is 840. The summed E-state index contributed by atoms with van der Waals surface area (Å²) in [7, 11) is 1.59. The van der Waals surface area contributed by atoms with E-state index in [4.69, 9.17) is 4.74 Å². The van der Waals surface area contributed by atoms with E-state index >= 15 is 0 Å². The maximum atomic E-state index is 13.1. The van der Waals surface area contributed by atoms with Gasteiger partial charge in [-0.15, -0.1) is 0 Å². The molecule has 2 rings (SSSR count). The Labute approximate surface area is 187 Å². The maximum absolute atomic E-state index is 13.1. The molecule has 0 aliphatic rings. The summed E-state index contributed by atoms with van der Waals surface area (Å²) in [6.45, 7) is 6.48. The van der Waals surface area contributed by atoms with Gasteiger partial charge in [0.15, 0.2) is 6.61 Å². The number of nitrogens with one attached hydrogen (secondary N) is 1. The molecule has 0 aliphatic carbocycles. The summed E-state index contributed by atoms with van der Waals surface area (Å²) >= 11 is 3.53. The van der Waals surface area contributed by atoms with Crippen molar-refractivity contribution in [3.05, 3.63) is 64.1 Å². The van der Waals surface area contributed by atoms with E-state index in [0.717, 1.165) is 10.0 Å². The predicted molar refractivity (Wildman–Crippen MR) is 124 cm³/mol. The molecule has 162 valence electrons. The average molecular weight is 475 g/mol. The number of halogens is 1. The molecule has 2 aromatic rings. The fraction of sp³-hybridized carbons (Fsp3) is 0.417. The smallest absolute Gasteiger partial charge is 0.261 e. The van der Waals surface area contributed by atoms with Gasteiger partial charge in [-0.05, 0) is 57.9 Å². The van der Waals surface area contributed by atoms with E-state index in [0.29, 0.717) is 31.1 Å². The number of carbonyl (C=O) groups is 2. The molecule has 1 N–H and O–H groups in total. The van der Waals surface area contributed by atoms with Gasteiger partial charge >= 0.3 is 0 Å². The van der Waals surface area contributed by atoms with Gasteiger partial charge in [-0.2, -0.15) is 0 Å². The van der Waals surface area contributed by atoms with Crippen molar-refractivity contribution >= 4 is 27.7 Å². The normalized spacial score (nSPS) is 11.8. The van der Waals surface area contributed by atoms with Crippen LogP contribution in [0.4, 0.5) is 0 Å². The number of carbonyl (C=O) groups excluding carboxylic acids is 2. The highest BCUT2D eigenvalue weighted by Gasteiger charge is 2.28. The SMILES string of the molecule is CC[C@@H](C(=O)NC)N(CCc1ccccc1)C(=O)COc1ccc(C(C)C)cc1Br. The van der Waals surface area contributed by atoms with Crippen LogP contribution in [-0.4, -0.2) is 43.0 Å². The second kappa shape index (κ2) is 11.7. The van der Waals surface area contributed by atoms with Gasteiger partial charge in [0, 0.05) is 13.6 Å². The molecule has 5 nitrogen and oxygen atoms in total. The molecule has 1 atom stereocenters. The van der Waals surface area contributed by atoms with Gasteiger partial charge in [0.25, 0.3) is 5.91 Å². The van der Waals surface area contributed by atoms with E-state index in [1.54, 1.807) is 11.9 Å². The van der Waals surface area contributed by atoms with Crippen LogP contribution < -0.4 is 10.1 Å². The van der Waals surface area contributed by atoms with Gasteiger partial charge < -0.3 is 15.0 Å². The quantitative estimate of drug-likeness (QED) is 0.549. The van der Waals surface area contributed by atoms with Crippen molar-refractivity contribution in [3.63, 3.8) is 0 Å². The van der Waals surface area contributed by atoms with Gasteiger partial charge in [0.2, 0.25) is 5.91 Å². The molecular formula is C24H31BrN2O3. The van der Waals surface area contributed by atoms with E-state index in [1.165, 1.54) is 5.56 Å². The molecule has 0 fully saturated rings. The first kappa shape index (κ1) is 23.9. The van der Waals surface area contributed by atoms with Crippen LogP contribution in [0.5, 0.6) is 5.75 Å². The van der Waals surface area contributed by atoms with Crippen LogP contribution >= 0.6 is 15.9 Å². The summed E-state index contributed by atoms with van der Waals surface area (Å²) in [4.78, 5) is 27.1. The topological polar surface area (TPSA) is 58.6 Å². The van der Waals surface area contributed by atoms with E-state index in [-0.39, 0.29) is 18.4 Å². The Balaban J connectivity index is 2.12. The van der Waals surface area contributed by atoms with Gasteiger partial charge in [0.1, 0.15) is 11.8 Å². The lowest BCUT2D eigenvalue weighted by Crippen LogP contribution is -2.50. The molecule has 0 unspecified atom stereocenters. The molecule has 0 spiro atoms. The van der Waals surface area contributed by atoms with E-state index in [1.807, 2.05) is 55.5 Å². The Hall–Kier alpha value is -2.34. The Morgan fingerprint density at radius 3 is 2.40 bits per heavy atom. The zero-order valence-corrected chi connectivity index (χ0v) is 19.7. The summed E-state index contributed by atoms with van der Waals surface area (Å²) < 4.78 is 6.62. The number of amides is 2. The molecule has 0 aliphatic heterocycles. The van der Waals surface area contributed by atoms with Crippen LogP contribution in [0.1, 0.15) is 44.2 Å². The fourth-order valence-electron chi connectivity index (χ4n) is 3.28. The van der Waals surface area contributed by atoms with Crippen molar-refractivity contribution in [1.82, 2.24) is 10.2 Å². The Morgan fingerprint density at radius 2 is 1.83 bits per heavy atom. The van der Waals surface area contributed by atoms with Crippen molar-refractivity contribution in [2.75, 3.05) is 20.2 Å². The van der Waals surface area contributed by atoms with Gasteiger partial charge in [0.05, 0.1) is 4.47 Å². The van der Waals surface area contributed by atoms with E-state index in [2.05, 4.69) is 35.1 Å². The third-order valence-corrected chi connectivity index (χ3v) is 5.71. The Morgan fingerprint density at radius 1 is 1.13 bits per heavy atom. The number of hydrogen-bond donors (Lipinski definition) is 1. The van der Waals surface area contributed by atoms with Crippen molar-refractivity contribution in [2.45, 2.75) is 45.6 Å². The highest BCUT2D eigenvalue weighted by molar-refractivity contribution is 9.10. The first-order chi connectivity index (χ1) is 14.4. The third kappa shape index (κ3) is 6.59. The number of likely N-dealkylation sites (N-methyl/N-ethyl adjacent to an activating group) is 1. The monoisotopic (exact) mass is 474 g/mol. The van der Waals surface area contributed by atoms with Crippen molar-refractivity contribution < 1.29 is 14.3 Å². The molecule has 2 amide bonds. The summed E-state index contributed by atoms with van der Waals surface area (Å²) in [6.07, 6.45) is 1.21. The zero-order valence-electron chi connectivity index (χ0n) is 18.2. The lowest BCUT2D eigenvalue weighted by Gasteiger charge is -2.30. The number of benzene rings is 2. The summed E-state index contributed by atoms with van der Waals surface area (Å²) in [6, 6.07) is 15.3. The second-order valence-corrected chi connectivity index (χ2v) is 8.35. The highest BCUT2D eigenvalue weighted by Crippen LogP contribution is 2.29. The lowest BCUT2D eigenvalue weighted by atomic mass is 10.0. The van der Waals surface area contributed by atoms with E-state index < -0.39 is 6.04 Å². The lowest BCUT2D eigenvalue weighted by molar-refractivity contribution is -0.142. The maximum Gasteiger partial charge on any atom is 0.261 e. The van der Waals surface area contributed by atoms with Gasteiger partial charge in [-0.1, -0.05) is 57.2 Å². The standard InChI is InChI=1S/C24H31BrN2O3/c1-5-21(24(29)26-4)27(14-13-18-9-7-6-8-10-18)23(28)16-30-22-12-11-19(17(2)3)15-20(22)25/h6-12,15,17,21H,5,13-14,16H2,1-4H3,(H,26,29)/t21-/m0/s1. The van der Waals surface area contributed by atoms with Crippen LogP contribution in [-0.2, 0) is 16.0 Å². The van der Waals surface area contributed by atoms with Crippen LogP contribution in [0.2, 0.25) is 0 Å². The minimum atomic E-state index is -0.526. The second-order valence-electron chi connectivity index (χ2n) is 7.49. The molecule has 30 heavy (non-hydrogen) atoms. The molecule has 2 aromatic carbocycles. The molecule has 0 saturated carbocycles. The summed E-state index contributed by atoms with van der Waals surface area (Å²) in [5.74, 6) is 0.648. The summed E-state index contributed by atoms with van der Waals surface area (Å²) in [5.41, 5.74) is 2.31. The fourth-order valence-corrected chi connectivity index (χ4v) is 3.79. The van der Waals surface area contributed by atoms with Crippen molar-refractivity contribution in [3.8, 4) is 5.75 Å². The molecule has 0 heterocycles. The van der Waals surface area contributed by atoms with Crippen LogP contribution in [0.25, 0.3) is 0 Å². The number of ether oxygens (including phenoxy) is 1. The third-order valence-electron chi connectivity index (χ3n) is 5.09. The number of rotatable bonds is 10. The van der Waals surface area contributed by atoms with Gasteiger partial charge in [-0.3, -0.25) is 9.59 Å². The molecule has 0 aromatic heterocycles. The average Bonchev–Trinajstić information content (AvgIpc) is 2.75. The van der Waals surface area contributed by atoms with Crippen LogP contribution in [0.3, 0.4) is 0 Å². The van der Waals surface area contributed by atoms with Crippen LogP contribution in [0, 0.1) is 0 Å². The van der Waals surface area contributed by atoms with E-state index in [9.17, 15) is 9.59 Å². The molecule has 0 radical (unpaired) electrons. The number of hydrogen-bond acceptors (Lipinski definition) is 3. The summed E-state index contributed by atoms with van der Waals surface area (Å²) in [5, 5.41) is 2.67. The number of nitrogens with zero attached hydrogens (tertiary/aromatic N) is 1. The first-order valence-corrected chi connectivity index (χ1v) is 11.1. The zero-order chi connectivity index (χ0) is 22.1. The Kier molecular flexibility index (Phi) is 9.37. The predicted octanol–water partition coefficient (Wildman–Crippen LogP) is 4.55. The molecular weight excluding hydrogens is 444 g/mol. The van der Waals surface area contributed by atoms with Crippen LogP contribution in [0.15, 0.2) is 53.0 Å². The highest BCUT2D eigenvalue weighted by atomic mass is 79.9. The van der Waals surface area contributed by atoms with Crippen molar-refractivity contribution in [2.24, 2.45) is 0 Å². The minimum Gasteiger partial charge on any atom is -0.483 e. The molecule has 0 bridgehead atoms. The minimum absolute atomic E-state index is 0.123. The first-order valence-electron chi connectivity index (χ1n) is 10.3. The molecule has 6 heteroatoms. The largest absolute Gasteiger partial charge is 0.483 e. The van der Waals surface area contributed by atoms with Crippen molar-refractivity contribution in [1.29, 1.82) is 0 Å².